The maximum absolute atomic E-state index is 12.6. The fraction of sp³-hybridized carbons (Fsp3) is 0.0952. The van der Waals surface area contributed by atoms with Gasteiger partial charge in [0.1, 0.15) is 0 Å². The number of carboxylic acids is 1. The Hall–Kier alpha value is -3.00. The molecule has 2 aromatic carbocycles. The van der Waals surface area contributed by atoms with Crippen LogP contribution in [0.15, 0.2) is 54.6 Å². The number of nitrogens with one attached hydrogen (secondary N) is 2. The number of aromatic nitrogens is 1. The van der Waals surface area contributed by atoms with Gasteiger partial charge in [-0.05, 0) is 42.5 Å². The summed E-state index contributed by atoms with van der Waals surface area (Å²) >= 11 is 17.8. The van der Waals surface area contributed by atoms with Crippen LogP contribution in [0.25, 0.3) is 11.3 Å². The van der Waals surface area contributed by atoms with Crippen LogP contribution < -0.4 is 10.7 Å². The SMILES string of the molecule is O=C(O)CCc1ccc(-c2ccc(Cl)cc2)n1NC(=O)C(=O)Nc1cc(Cl)cc(Cl)c1. The Labute approximate surface area is 192 Å². The van der Waals surface area contributed by atoms with Crippen LogP contribution in [0, 0.1) is 0 Å². The minimum atomic E-state index is -0.984. The van der Waals surface area contributed by atoms with Crippen LogP contribution >= 0.6 is 34.8 Å². The number of carboxylic acid groups (broad SMARTS) is 1. The second-order valence-corrected chi connectivity index (χ2v) is 7.81. The summed E-state index contributed by atoms with van der Waals surface area (Å²) in [6.07, 6.45) is 0.00186. The van der Waals surface area contributed by atoms with Crippen LogP contribution in [0.4, 0.5) is 5.69 Å². The van der Waals surface area contributed by atoms with Crippen LogP contribution in [0.1, 0.15) is 12.1 Å². The lowest BCUT2D eigenvalue weighted by Crippen LogP contribution is -2.35. The van der Waals surface area contributed by atoms with Crippen molar-refractivity contribution in [2.24, 2.45) is 0 Å². The molecule has 7 nitrogen and oxygen atoms in total. The first-order valence-corrected chi connectivity index (χ1v) is 10.1. The molecule has 10 heteroatoms. The van der Waals surface area contributed by atoms with E-state index in [0.717, 1.165) is 0 Å². The molecule has 0 radical (unpaired) electrons. The lowest BCUT2D eigenvalue weighted by molar-refractivity contribution is -0.137. The van der Waals surface area contributed by atoms with E-state index in [1.165, 1.54) is 22.9 Å². The predicted octanol–water partition coefficient (Wildman–Crippen LogP) is 4.84. The van der Waals surface area contributed by atoms with Gasteiger partial charge in [0.2, 0.25) is 0 Å². The Morgan fingerprint density at radius 1 is 0.839 bits per heavy atom. The minimum Gasteiger partial charge on any atom is -0.481 e. The van der Waals surface area contributed by atoms with Crippen LogP contribution in [0.2, 0.25) is 15.1 Å². The Morgan fingerprint density at radius 2 is 1.48 bits per heavy atom. The first-order chi connectivity index (χ1) is 14.7. The molecule has 0 unspecified atom stereocenters. The van der Waals surface area contributed by atoms with E-state index >= 15 is 0 Å². The number of benzene rings is 2. The number of nitrogens with zero attached hydrogens (tertiary/aromatic N) is 1. The lowest BCUT2D eigenvalue weighted by atomic mass is 10.2. The van der Waals surface area contributed by atoms with Gasteiger partial charge in [0, 0.05) is 38.4 Å². The van der Waals surface area contributed by atoms with Gasteiger partial charge in [-0.2, -0.15) is 0 Å². The third-order valence-electron chi connectivity index (χ3n) is 4.24. The molecule has 0 bridgehead atoms. The van der Waals surface area contributed by atoms with E-state index in [4.69, 9.17) is 39.9 Å². The maximum Gasteiger partial charge on any atom is 0.328 e. The summed E-state index contributed by atoms with van der Waals surface area (Å²) in [6, 6.07) is 14.6. The third kappa shape index (κ3) is 6.01. The molecule has 3 N–H and O–H groups in total. The van der Waals surface area contributed by atoms with Crippen molar-refractivity contribution in [2.45, 2.75) is 12.8 Å². The molecule has 0 saturated carbocycles. The van der Waals surface area contributed by atoms with Gasteiger partial charge in [0.05, 0.1) is 12.1 Å². The summed E-state index contributed by atoms with van der Waals surface area (Å²) in [6.45, 7) is 0. The zero-order chi connectivity index (χ0) is 22.5. The van der Waals surface area contributed by atoms with Crippen LogP contribution in [-0.4, -0.2) is 27.6 Å². The molecule has 0 saturated heterocycles. The molecule has 1 heterocycles. The van der Waals surface area contributed by atoms with E-state index in [9.17, 15) is 14.4 Å². The standard InChI is InChI=1S/C21H16Cl3N3O4/c22-13-3-1-12(2-4-13)18-7-5-17(6-8-19(28)29)27(18)26-21(31)20(30)25-16-10-14(23)9-15(24)11-16/h1-5,7,9-11H,6,8H2,(H,25,30)(H,26,31)(H,28,29). The van der Waals surface area contributed by atoms with Gasteiger partial charge in [-0.1, -0.05) is 46.9 Å². The normalized spacial score (nSPS) is 10.5. The number of rotatable bonds is 6. The number of carbonyl (C=O) groups excluding carboxylic acids is 2. The minimum absolute atomic E-state index is 0.146. The molecule has 2 amide bonds. The summed E-state index contributed by atoms with van der Waals surface area (Å²) in [5.74, 6) is -2.89. The Balaban J connectivity index is 1.85. The van der Waals surface area contributed by atoms with Crippen molar-refractivity contribution < 1.29 is 19.5 Å². The Morgan fingerprint density at radius 3 is 2.10 bits per heavy atom. The van der Waals surface area contributed by atoms with Crippen molar-refractivity contribution >= 4 is 58.3 Å². The van der Waals surface area contributed by atoms with Crippen molar-refractivity contribution in [2.75, 3.05) is 10.7 Å². The lowest BCUT2D eigenvalue weighted by Gasteiger charge is -2.15. The molecule has 0 aliphatic rings. The van der Waals surface area contributed by atoms with Gasteiger partial charge < -0.3 is 10.4 Å². The molecular formula is C21H16Cl3N3O4. The maximum atomic E-state index is 12.6. The van der Waals surface area contributed by atoms with E-state index in [1.807, 2.05) is 0 Å². The Bertz CT molecular complexity index is 1120. The monoisotopic (exact) mass is 479 g/mol. The summed E-state index contributed by atoms with van der Waals surface area (Å²) in [7, 11) is 0. The third-order valence-corrected chi connectivity index (χ3v) is 4.93. The largest absolute Gasteiger partial charge is 0.481 e. The number of hydrogen-bond donors (Lipinski definition) is 3. The zero-order valence-corrected chi connectivity index (χ0v) is 18.1. The van der Waals surface area contributed by atoms with Crippen molar-refractivity contribution in [1.82, 2.24) is 4.68 Å². The first-order valence-electron chi connectivity index (χ1n) is 8.99. The average molecular weight is 481 g/mol. The van der Waals surface area contributed by atoms with E-state index in [1.54, 1.807) is 36.4 Å². The average Bonchev–Trinajstić information content (AvgIpc) is 3.08. The number of halogens is 3. The topological polar surface area (TPSA) is 100 Å². The summed E-state index contributed by atoms with van der Waals surface area (Å²) in [4.78, 5) is 36.0. The predicted molar refractivity (Wildman–Crippen MR) is 120 cm³/mol. The number of hydrogen-bond acceptors (Lipinski definition) is 3. The van der Waals surface area contributed by atoms with Crippen LogP contribution in [0.5, 0.6) is 0 Å². The molecule has 0 spiro atoms. The number of aryl methyl sites for hydroxylation is 1. The van der Waals surface area contributed by atoms with Crippen molar-refractivity contribution in [1.29, 1.82) is 0 Å². The van der Waals surface area contributed by atoms with Gasteiger partial charge in [-0.15, -0.1) is 0 Å². The van der Waals surface area contributed by atoms with E-state index in [-0.39, 0.29) is 18.5 Å². The smallest absolute Gasteiger partial charge is 0.328 e. The number of anilines is 1. The highest BCUT2D eigenvalue weighted by molar-refractivity contribution is 6.43. The van der Waals surface area contributed by atoms with Crippen molar-refractivity contribution in [3.63, 3.8) is 0 Å². The molecule has 3 rings (SSSR count). The van der Waals surface area contributed by atoms with Gasteiger partial charge in [0.25, 0.3) is 0 Å². The van der Waals surface area contributed by atoms with E-state index < -0.39 is 17.8 Å². The highest BCUT2D eigenvalue weighted by Gasteiger charge is 2.19. The summed E-state index contributed by atoms with van der Waals surface area (Å²) < 4.78 is 1.39. The highest BCUT2D eigenvalue weighted by atomic mass is 35.5. The second-order valence-electron chi connectivity index (χ2n) is 6.50. The van der Waals surface area contributed by atoms with Crippen molar-refractivity contribution in [3.05, 3.63) is 75.4 Å². The molecule has 0 aliphatic carbocycles. The number of aliphatic carboxylic acids is 1. The molecule has 31 heavy (non-hydrogen) atoms. The van der Waals surface area contributed by atoms with Gasteiger partial charge in [0.15, 0.2) is 0 Å². The molecule has 1 aromatic heterocycles. The molecule has 0 fully saturated rings. The second kappa shape index (κ2) is 9.87. The highest BCUT2D eigenvalue weighted by Crippen LogP contribution is 2.25. The van der Waals surface area contributed by atoms with Gasteiger partial charge in [-0.3, -0.25) is 24.5 Å². The molecule has 160 valence electrons. The molecule has 0 atom stereocenters. The molecule has 3 aromatic rings. The zero-order valence-electron chi connectivity index (χ0n) is 15.9. The fourth-order valence-corrected chi connectivity index (χ4v) is 3.51. The van der Waals surface area contributed by atoms with Gasteiger partial charge >= 0.3 is 17.8 Å². The number of amides is 2. The first kappa shape index (κ1) is 22.7. The number of carbonyl (C=O) groups is 3. The summed E-state index contributed by atoms with van der Waals surface area (Å²) in [5.41, 5.74) is 4.57. The molecular weight excluding hydrogens is 465 g/mol. The Kier molecular flexibility index (Phi) is 7.22. The van der Waals surface area contributed by atoms with Crippen molar-refractivity contribution in [3.8, 4) is 11.3 Å². The molecule has 0 aliphatic heterocycles. The van der Waals surface area contributed by atoms with Crippen LogP contribution in [0.3, 0.4) is 0 Å². The fourth-order valence-electron chi connectivity index (χ4n) is 2.85. The quantitative estimate of drug-likeness (QED) is 0.439. The summed E-state index contributed by atoms with van der Waals surface area (Å²) in [5, 5.41) is 12.6. The van der Waals surface area contributed by atoms with E-state index in [2.05, 4.69) is 10.7 Å². The van der Waals surface area contributed by atoms with Gasteiger partial charge in [-0.25, -0.2) is 0 Å². The van der Waals surface area contributed by atoms with E-state index in [0.29, 0.717) is 32.0 Å². The van der Waals surface area contributed by atoms with Crippen LogP contribution in [-0.2, 0) is 20.8 Å².